The van der Waals surface area contributed by atoms with Gasteiger partial charge in [-0.25, -0.2) is 0 Å². The lowest BCUT2D eigenvalue weighted by molar-refractivity contribution is 0.0936. The van der Waals surface area contributed by atoms with Crippen LogP contribution < -0.4 is 5.32 Å². The highest BCUT2D eigenvalue weighted by atomic mass is 16.5. The normalized spacial score (nSPS) is 22.5. The molecule has 2 atom stereocenters. The summed E-state index contributed by atoms with van der Waals surface area (Å²) in [6, 6.07) is 0.589. The zero-order valence-corrected chi connectivity index (χ0v) is 9.80. The molecule has 1 N–H and O–H groups in total. The van der Waals surface area contributed by atoms with Crippen LogP contribution in [0.2, 0.25) is 0 Å². The predicted octanol–water partition coefficient (Wildman–Crippen LogP) is 2.34. The highest BCUT2D eigenvalue weighted by Crippen LogP contribution is 2.19. The fourth-order valence-corrected chi connectivity index (χ4v) is 2.19. The van der Waals surface area contributed by atoms with Crippen LogP contribution in [-0.4, -0.2) is 25.3 Å². The lowest BCUT2D eigenvalue weighted by Crippen LogP contribution is -2.32. The third-order valence-electron chi connectivity index (χ3n) is 2.94. The van der Waals surface area contributed by atoms with Crippen LogP contribution in [0.1, 0.15) is 45.4 Å². The summed E-state index contributed by atoms with van der Waals surface area (Å²) in [6.07, 6.45) is 12.6. The lowest BCUT2D eigenvalue weighted by atomic mass is 10.0. The average Bonchev–Trinajstić information content (AvgIpc) is 2.71. The van der Waals surface area contributed by atoms with Crippen molar-refractivity contribution in [1.29, 1.82) is 0 Å². The second-order valence-electron chi connectivity index (χ2n) is 4.22. The molecule has 1 aliphatic rings. The van der Waals surface area contributed by atoms with Gasteiger partial charge in [0.2, 0.25) is 0 Å². The molecule has 0 aromatic rings. The Morgan fingerprint density at radius 1 is 1.60 bits per heavy atom. The molecule has 0 aromatic heterocycles. The maximum atomic E-state index is 5.66. The fourth-order valence-electron chi connectivity index (χ4n) is 2.19. The zero-order chi connectivity index (χ0) is 10.9. The van der Waals surface area contributed by atoms with E-state index in [0.717, 1.165) is 32.4 Å². The molecule has 0 spiro atoms. The highest BCUT2D eigenvalue weighted by Gasteiger charge is 2.19. The van der Waals surface area contributed by atoms with E-state index >= 15 is 0 Å². The largest absolute Gasteiger partial charge is 0.378 e. The van der Waals surface area contributed by atoms with Crippen molar-refractivity contribution in [2.45, 2.75) is 57.6 Å². The van der Waals surface area contributed by atoms with Crippen molar-refractivity contribution >= 4 is 0 Å². The lowest BCUT2D eigenvalue weighted by Gasteiger charge is -2.20. The van der Waals surface area contributed by atoms with Gasteiger partial charge < -0.3 is 10.1 Å². The number of nitrogens with one attached hydrogen (secondary N) is 1. The quantitative estimate of drug-likeness (QED) is 0.513. The molecule has 0 amide bonds. The van der Waals surface area contributed by atoms with Gasteiger partial charge in [0.05, 0.1) is 6.10 Å². The van der Waals surface area contributed by atoms with Gasteiger partial charge in [-0.1, -0.05) is 6.92 Å². The molecular formula is C13H23NO. The van der Waals surface area contributed by atoms with E-state index in [1.54, 1.807) is 0 Å². The van der Waals surface area contributed by atoms with Crippen molar-refractivity contribution in [3.05, 3.63) is 0 Å². The van der Waals surface area contributed by atoms with Crippen LogP contribution in [0.15, 0.2) is 0 Å². The van der Waals surface area contributed by atoms with E-state index in [9.17, 15) is 0 Å². The van der Waals surface area contributed by atoms with E-state index in [1.807, 2.05) is 0 Å². The number of ether oxygens (including phenoxy) is 1. The third kappa shape index (κ3) is 5.20. The maximum absolute atomic E-state index is 5.66. The van der Waals surface area contributed by atoms with Crippen LogP contribution in [0.3, 0.4) is 0 Å². The third-order valence-corrected chi connectivity index (χ3v) is 2.94. The Morgan fingerprint density at radius 3 is 3.07 bits per heavy atom. The van der Waals surface area contributed by atoms with Gasteiger partial charge in [-0.15, -0.1) is 12.3 Å². The molecule has 1 rings (SSSR count). The van der Waals surface area contributed by atoms with E-state index in [1.165, 1.54) is 19.3 Å². The molecular weight excluding hydrogens is 186 g/mol. The van der Waals surface area contributed by atoms with E-state index in [0.29, 0.717) is 12.1 Å². The predicted molar refractivity (Wildman–Crippen MR) is 63.7 cm³/mol. The molecule has 0 bridgehead atoms. The number of hydrogen-bond acceptors (Lipinski definition) is 2. The zero-order valence-electron chi connectivity index (χ0n) is 9.80. The van der Waals surface area contributed by atoms with Crippen LogP contribution >= 0.6 is 0 Å². The molecule has 2 nitrogen and oxygen atoms in total. The second-order valence-corrected chi connectivity index (χ2v) is 4.22. The summed E-state index contributed by atoms with van der Waals surface area (Å²) in [5.41, 5.74) is 0. The Bertz CT molecular complexity index is 191. The Hall–Kier alpha value is -0.520. The second kappa shape index (κ2) is 7.73. The topological polar surface area (TPSA) is 21.3 Å². The fraction of sp³-hybridized carbons (Fsp3) is 0.846. The summed E-state index contributed by atoms with van der Waals surface area (Å²) in [7, 11) is 0. The molecule has 2 heteroatoms. The van der Waals surface area contributed by atoms with Gasteiger partial charge in [0.15, 0.2) is 0 Å². The summed E-state index contributed by atoms with van der Waals surface area (Å²) in [6.45, 7) is 4.14. The van der Waals surface area contributed by atoms with Crippen molar-refractivity contribution in [2.75, 3.05) is 13.2 Å². The first-order valence-corrected chi connectivity index (χ1v) is 6.15. The standard InChI is InChI=1S/C13H23NO/c1-3-5-6-8-12(14-4-2)11-13-9-7-10-15-13/h1,12-14H,4-11H2,2H3. The number of rotatable bonds is 7. The Kier molecular flexibility index (Phi) is 6.47. The van der Waals surface area contributed by atoms with Gasteiger partial charge in [-0.3, -0.25) is 0 Å². The molecule has 2 unspecified atom stereocenters. The van der Waals surface area contributed by atoms with Crippen molar-refractivity contribution in [3.8, 4) is 12.3 Å². The maximum Gasteiger partial charge on any atom is 0.0590 e. The van der Waals surface area contributed by atoms with Crippen molar-refractivity contribution in [2.24, 2.45) is 0 Å². The Labute approximate surface area is 93.8 Å². The molecule has 1 heterocycles. The summed E-state index contributed by atoms with van der Waals surface area (Å²) in [5, 5.41) is 3.52. The first kappa shape index (κ1) is 12.5. The summed E-state index contributed by atoms with van der Waals surface area (Å²) in [4.78, 5) is 0. The van der Waals surface area contributed by atoms with E-state index in [2.05, 4.69) is 18.2 Å². The molecule has 86 valence electrons. The van der Waals surface area contributed by atoms with Gasteiger partial charge in [0.25, 0.3) is 0 Å². The van der Waals surface area contributed by atoms with Gasteiger partial charge >= 0.3 is 0 Å². The molecule has 0 radical (unpaired) electrons. The minimum atomic E-state index is 0.486. The molecule has 15 heavy (non-hydrogen) atoms. The van der Waals surface area contributed by atoms with Crippen molar-refractivity contribution in [1.82, 2.24) is 5.32 Å². The Balaban J connectivity index is 2.19. The van der Waals surface area contributed by atoms with Crippen molar-refractivity contribution < 1.29 is 4.74 Å². The van der Waals surface area contributed by atoms with E-state index in [-0.39, 0.29) is 0 Å². The van der Waals surface area contributed by atoms with Crippen LogP contribution in [0, 0.1) is 12.3 Å². The monoisotopic (exact) mass is 209 g/mol. The minimum absolute atomic E-state index is 0.486. The SMILES string of the molecule is C#CCCCC(CC1CCCO1)NCC. The molecule has 1 fully saturated rings. The average molecular weight is 209 g/mol. The summed E-state index contributed by atoms with van der Waals surface area (Å²) in [5.74, 6) is 2.70. The number of terminal acetylenes is 1. The summed E-state index contributed by atoms with van der Waals surface area (Å²) >= 11 is 0. The molecule has 1 saturated heterocycles. The Morgan fingerprint density at radius 2 is 2.47 bits per heavy atom. The molecule has 0 aromatic carbocycles. The van der Waals surface area contributed by atoms with E-state index < -0.39 is 0 Å². The van der Waals surface area contributed by atoms with Crippen LogP contribution in [-0.2, 0) is 4.74 Å². The van der Waals surface area contributed by atoms with Gasteiger partial charge in [-0.05, 0) is 38.6 Å². The first-order valence-electron chi connectivity index (χ1n) is 6.15. The van der Waals surface area contributed by atoms with Gasteiger partial charge in [0, 0.05) is 19.1 Å². The summed E-state index contributed by atoms with van der Waals surface area (Å²) < 4.78 is 5.66. The van der Waals surface area contributed by atoms with Crippen molar-refractivity contribution in [3.63, 3.8) is 0 Å². The molecule has 0 saturated carbocycles. The number of hydrogen-bond donors (Lipinski definition) is 1. The smallest absolute Gasteiger partial charge is 0.0590 e. The first-order chi connectivity index (χ1) is 7.36. The minimum Gasteiger partial charge on any atom is -0.378 e. The van der Waals surface area contributed by atoms with Gasteiger partial charge in [-0.2, -0.15) is 0 Å². The highest BCUT2D eigenvalue weighted by molar-refractivity contribution is 4.84. The van der Waals surface area contributed by atoms with Gasteiger partial charge in [0.1, 0.15) is 0 Å². The van der Waals surface area contributed by atoms with Crippen LogP contribution in [0.25, 0.3) is 0 Å². The molecule has 1 aliphatic heterocycles. The molecule has 0 aliphatic carbocycles. The number of unbranched alkanes of at least 4 members (excludes halogenated alkanes) is 1. The van der Waals surface area contributed by atoms with Crippen LogP contribution in [0.4, 0.5) is 0 Å². The van der Waals surface area contributed by atoms with E-state index in [4.69, 9.17) is 11.2 Å². The van der Waals surface area contributed by atoms with Crippen LogP contribution in [0.5, 0.6) is 0 Å².